The van der Waals surface area contributed by atoms with Gasteiger partial charge in [-0.1, -0.05) is 18.2 Å². The van der Waals surface area contributed by atoms with E-state index in [-0.39, 0.29) is 12.5 Å². The summed E-state index contributed by atoms with van der Waals surface area (Å²) in [7, 11) is 1.66. The maximum atomic E-state index is 11.5. The summed E-state index contributed by atoms with van der Waals surface area (Å²) in [6.45, 7) is 6.52. The number of carbonyl (C=O) groups is 1. The molecule has 4 heteroatoms. The Balaban J connectivity index is 2.29. The highest BCUT2D eigenvalue weighted by Crippen LogP contribution is 2.17. The molecular weight excluding hydrogens is 242 g/mol. The zero-order chi connectivity index (χ0) is 14.3. The first-order chi connectivity index (χ1) is 8.92. The van der Waals surface area contributed by atoms with E-state index >= 15 is 0 Å². The van der Waals surface area contributed by atoms with Crippen molar-refractivity contribution in [1.82, 2.24) is 5.32 Å². The summed E-state index contributed by atoms with van der Waals surface area (Å²) in [5.41, 5.74) is 0.697. The highest BCUT2D eigenvalue weighted by Gasteiger charge is 2.15. The Kier molecular flexibility index (Phi) is 5.83. The summed E-state index contributed by atoms with van der Waals surface area (Å²) in [6.07, 6.45) is 0.812. The van der Waals surface area contributed by atoms with E-state index in [1.165, 1.54) is 0 Å². The molecule has 1 N–H and O–H groups in total. The lowest BCUT2D eigenvalue weighted by molar-refractivity contribution is -0.153. The van der Waals surface area contributed by atoms with Gasteiger partial charge in [-0.25, -0.2) is 0 Å². The minimum absolute atomic E-state index is 0.229. The van der Waals surface area contributed by atoms with Gasteiger partial charge in [0.1, 0.15) is 11.4 Å². The summed E-state index contributed by atoms with van der Waals surface area (Å²) in [5, 5.41) is 3.08. The van der Waals surface area contributed by atoms with Gasteiger partial charge in [0.25, 0.3) is 0 Å². The van der Waals surface area contributed by atoms with E-state index in [4.69, 9.17) is 9.47 Å². The van der Waals surface area contributed by atoms with Crippen molar-refractivity contribution in [3.8, 4) is 5.75 Å². The molecule has 19 heavy (non-hydrogen) atoms. The molecule has 106 valence electrons. The fourth-order valence-electron chi connectivity index (χ4n) is 1.70. The molecule has 1 rings (SSSR count). The van der Waals surface area contributed by atoms with Crippen LogP contribution < -0.4 is 10.1 Å². The number of esters is 1. The fraction of sp³-hybridized carbons (Fsp3) is 0.533. The summed E-state index contributed by atoms with van der Waals surface area (Å²) in [4.78, 5) is 11.5. The lowest BCUT2D eigenvalue weighted by Crippen LogP contribution is -2.32. The molecular formula is C15H23NO3. The second-order valence-corrected chi connectivity index (χ2v) is 5.33. The number of ether oxygens (including phenoxy) is 2. The zero-order valence-corrected chi connectivity index (χ0v) is 12.2. The number of rotatable bonds is 6. The van der Waals surface area contributed by atoms with E-state index in [2.05, 4.69) is 5.32 Å². The topological polar surface area (TPSA) is 47.6 Å². The Bertz CT molecular complexity index is 410. The van der Waals surface area contributed by atoms with Gasteiger partial charge in [-0.15, -0.1) is 0 Å². The van der Waals surface area contributed by atoms with E-state index in [0.29, 0.717) is 6.54 Å². The van der Waals surface area contributed by atoms with E-state index < -0.39 is 5.60 Å². The van der Waals surface area contributed by atoms with Crippen molar-refractivity contribution in [1.29, 1.82) is 0 Å². The Hall–Kier alpha value is -1.55. The second kappa shape index (κ2) is 7.14. The molecule has 0 radical (unpaired) electrons. The quantitative estimate of drug-likeness (QED) is 0.632. The molecule has 1 aromatic carbocycles. The molecule has 1 aromatic rings. The standard InChI is InChI=1S/C15H23NO3/c1-15(2,3)19-14(17)11-16-10-9-12-7-5-6-8-13(12)18-4/h5-8,16H,9-11H2,1-4H3. The Morgan fingerprint density at radius 3 is 2.58 bits per heavy atom. The number of methoxy groups -OCH3 is 1. The lowest BCUT2D eigenvalue weighted by Gasteiger charge is -2.19. The van der Waals surface area contributed by atoms with E-state index in [9.17, 15) is 4.79 Å². The molecule has 4 nitrogen and oxygen atoms in total. The summed E-state index contributed by atoms with van der Waals surface area (Å²) < 4.78 is 10.5. The van der Waals surface area contributed by atoms with Crippen LogP contribution in [0.2, 0.25) is 0 Å². The van der Waals surface area contributed by atoms with E-state index in [1.54, 1.807) is 7.11 Å². The van der Waals surface area contributed by atoms with Gasteiger partial charge in [-0.05, 0) is 45.4 Å². The van der Waals surface area contributed by atoms with Crippen LogP contribution in [-0.4, -0.2) is 31.8 Å². The van der Waals surface area contributed by atoms with Crippen molar-refractivity contribution < 1.29 is 14.3 Å². The third-order valence-corrected chi connectivity index (χ3v) is 2.45. The maximum absolute atomic E-state index is 11.5. The Labute approximate surface area is 115 Å². The zero-order valence-electron chi connectivity index (χ0n) is 12.2. The van der Waals surface area contributed by atoms with Crippen LogP contribution >= 0.6 is 0 Å². The molecule has 0 aliphatic carbocycles. The maximum Gasteiger partial charge on any atom is 0.320 e. The molecule has 0 aliphatic heterocycles. The first kappa shape index (κ1) is 15.5. The van der Waals surface area contributed by atoms with Gasteiger partial charge in [-0.3, -0.25) is 4.79 Å². The largest absolute Gasteiger partial charge is 0.496 e. The third-order valence-electron chi connectivity index (χ3n) is 2.45. The Morgan fingerprint density at radius 1 is 1.26 bits per heavy atom. The monoisotopic (exact) mass is 265 g/mol. The smallest absolute Gasteiger partial charge is 0.320 e. The van der Waals surface area contributed by atoms with Crippen LogP contribution in [0.5, 0.6) is 5.75 Å². The first-order valence-corrected chi connectivity index (χ1v) is 6.47. The molecule has 0 aromatic heterocycles. The summed E-state index contributed by atoms with van der Waals surface area (Å²) in [5.74, 6) is 0.647. The van der Waals surface area contributed by atoms with Gasteiger partial charge < -0.3 is 14.8 Å². The molecule has 0 unspecified atom stereocenters. The van der Waals surface area contributed by atoms with Crippen molar-refractivity contribution in [2.45, 2.75) is 32.8 Å². The predicted molar refractivity (Wildman–Crippen MR) is 75.4 cm³/mol. The van der Waals surface area contributed by atoms with Crippen LogP contribution in [0, 0.1) is 0 Å². The predicted octanol–water partition coefficient (Wildman–Crippen LogP) is 2.17. The second-order valence-electron chi connectivity index (χ2n) is 5.33. The highest BCUT2D eigenvalue weighted by molar-refractivity contribution is 5.72. The van der Waals surface area contributed by atoms with Crippen LogP contribution in [0.3, 0.4) is 0 Å². The number of hydrogen-bond acceptors (Lipinski definition) is 4. The molecule has 0 amide bonds. The fourth-order valence-corrected chi connectivity index (χ4v) is 1.70. The van der Waals surface area contributed by atoms with Crippen LogP contribution in [0.15, 0.2) is 24.3 Å². The van der Waals surface area contributed by atoms with Crippen molar-refractivity contribution in [2.24, 2.45) is 0 Å². The molecule has 0 bridgehead atoms. The van der Waals surface area contributed by atoms with E-state index in [1.807, 2.05) is 45.0 Å². The van der Waals surface area contributed by atoms with Crippen molar-refractivity contribution in [3.63, 3.8) is 0 Å². The van der Waals surface area contributed by atoms with Gasteiger partial charge in [-0.2, -0.15) is 0 Å². The number of nitrogens with one attached hydrogen (secondary N) is 1. The minimum atomic E-state index is -0.429. The van der Waals surface area contributed by atoms with Gasteiger partial charge >= 0.3 is 5.97 Å². The number of benzene rings is 1. The van der Waals surface area contributed by atoms with Gasteiger partial charge in [0, 0.05) is 0 Å². The van der Waals surface area contributed by atoms with Crippen LogP contribution in [0.1, 0.15) is 26.3 Å². The van der Waals surface area contributed by atoms with Crippen molar-refractivity contribution in [2.75, 3.05) is 20.2 Å². The summed E-state index contributed by atoms with van der Waals surface area (Å²) >= 11 is 0. The van der Waals surface area contributed by atoms with Gasteiger partial charge in [0.05, 0.1) is 13.7 Å². The first-order valence-electron chi connectivity index (χ1n) is 6.47. The van der Waals surface area contributed by atoms with E-state index in [0.717, 1.165) is 17.7 Å². The average molecular weight is 265 g/mol. The summed E-state index contributed by atoms with van der Waals surface area (Å²) in [6, 6.07) is 7.87. The molecule has 0 saturated carbocycles. The number of hydrogen-bond donors (Lipinski definition) is 1. The van der Waals surface area contributed by atoms with Crippen molar-refractivity contribution in [3.05, 3.63) is 29.8 Å². The van der Waals surface area contributed by atoms with Crippen LogP contribution in [0.4, 0.5) is 0 Å². The number of para-hydroxylation sites is 1. The van der Waals surface area contributed by atoms with Crippen LogP contribution in [0.25, 0.3) is 0 Å². The Morgan fingerprint density at radius 2 is 1.95 bits per heavy atom. The lowest BCUT2D eigenvalue weighted by atomic mass is 10.1. The average Bonchev–Trinajstić information content (AvgIpc) is 2.33. The minimum Gasteiger partial charge on any atom is -0.496 e. The molecule has 0 atom stereocenters. The normalized spacial score (nSPS) is 11.2. The molecule has 0 saturated heterocycles. The number of carbonyl (C=O) groups excluding carboxylic acids is 1. The molecule has 0 fully saturated rings. The SMILES string of the molecule is COc1ccccc1CCNCC(=O)OC(C)(C)C. The van der Waals surface area contributed by atoms with Gasteiger partial charge in [0.15, 0.2) is 0 Å². The van der Waals surface area contributed by atoms with Crippen LogP contribution in [-0.2, 0) is 16.0 Å². The molecule has 0 aliphatic rings. The van der Waals surface area contributed by atoms with Gasteiger partial charge in [0.2, 0.25) is 0 Å². The molecule has 0 spiro atoms. The highest BCUT2D eigenvalue weighted by atomic mass is 16.6. The third kappa shape index (κ3) is 6.25. The molecule has 0 heterocycles. The van der Waals surface area contributed by atoms with Crippen molar-refractivity contribution >= 4 is 5.97 Å².